The van der Waals surface area contributed by atoms with Crippen molar-refractivity contribution in [1.82, 2.24) is 10.6 Å². The monoisotopic (exact) mass is 268 g/mol. The van der Waals surface area contributed by atoms with Gasteiger partial charge in [-0.05, 0) is 24.6 Å². The van der Waals surface area contributed by atoms with Gasteiger partial charge in [0.25, 0.3) is 5.91 Å². The van der Waals surface area contributed by atoms with Crippen LogP contribution in [0.4, 0.5) is 4.79 Å². The second-order valence-corrected chi connectivity index (χ2v) is 4.46. The molecule has 0 radical (unpaired) electrons. The van der Waals surface area contributed by atoms with Crippen molar-refractivity contribution in [3.05, 3.63) is 34.3 Å². The molecule has 0 saturated carbocycles. The van der Waals surface area contributed by atoms with Gasteiger partial charge in [0.1, 0.15) is 5.54 Å². The Morgan fingerprint density at radius 2 is 1.80 bits per heavy atom. The summed E-state index contributed by atoms with van der Waals surface area (Å²) in [5, 5.41) is 4.82. The van der Waals surface area contributed by atoms with Crippen LogP contribution in [0.15, 0.2) is 28.7 Å². The second-order valence-electron chi connectivity index (χ2n) is 3.54. The van der Waals surface area contributed by atoms with Crippen molar-refractivity contribution in [2.45, 2.75) is 12.5 Å². The van der Waals surface area contributed by atoms with Gasteiger partial charge in [-0.25, -0.2) is 4.79 Å². The van der Waals surface area contributed by atoms with Gasteiger partial charge in [0, 0.05) is 4.47 Å². The van der Waals surface area contributed by atoms with Crippen molar-refractivity contribution < 1.29 is 9.59 Å². The molecule has 4 nitrogen and oxygen atoms in total. The van der Waals surface area contributed by atoms with Gasteiger partial charge < -0.3 is 5.32 Å². The third-order valence-electron chi connectivity index (χ3n) is 2.47. The number of urea groups is 1. The van der Waals surface area contributed by atoms with Crippen molar-refractivity contribution in [3.63, 3.8) is 0 Å². The molecule has 0 unspecified atom stereocenters. The van der Waals surface area contributed by atoms with E-state index >= 15 is 0 Å². The van der Waals surface area contributed by atoms with Gasteiger partial charge in [0.15, 0.2) is 0 Å². The van der Waals surface area contributed by atoms with Gasteiger partial charge in [0.05, 0.1) is 0 Å². The lowest BCUT2D eigenvalue weighted by atomic mass is 9.92. The van der Waals surface area contributed by atoms with Crippen LogP contribution in [0.2, 0.25) is 0 Å². The Morgan fingerprint density at radius 3 is 2.27 bits per heavy atom. The fourth-order valence-electron chi connectivity index (χ4n) is 1.53. The molecule has 2 N–H and O–H groups in total. The van der Waals surface area contributed by atoms with Crippen LogP contribution in [0.3, 0.4) is 0 Å². The van der Waals surface area contributed by atoms with E-state index in [4.69, 9.17) is 0 Å². The highest BCUT2D eigenvalue weighted by Crippen LogP contribution is 2.25. The zero-order chi connectivity index (χ0) is 11.1. The molecule has 2 rings (SSSR count). The van der Waals surface area contributed by atoms with Gasteiger partial charge in [-0.1, -0.05) is 28.1 Å². The maximum atomic E-state index is 11.6. The minimum atomic E-state index is -0.961. The first-order chi connectivity index (χ1) is 7.02. The van der Waals surface area contributed by atoms with Gasteiger partial charge in [0.2, 0.25) is 0 Å². The second kappa shape index (κ2) is 3.34. The molecule has 1 aromatic carbocycles. The average Bonchev–Trinajstić information content (AvgIpc) is 2.42. The fourth-order valence-corrected chi connectivity index (χ4v) is 1.79. The molecule has 0 aromatic heterocycles. The molecule has 1 saturated heterocycles. The number of hydrogen-bond donors (Lipinski definition) is 2. The summed E-state index contributed by atoms with van der Waals surface area (Å²) in [6.45, 7) is 1.68. The molecule has 15 heavy (non-hydrogen) atoms. The molecule has 0 aliphatic carbocycles. The number of benzene rings is 1. The largest absolute Gasteiger partial charge is 0.322 e. The molecule has 1 aliphatic heterocycles. The lowest BCUT2D eigenvalue weighted by Gasteiger charge is -2.20. The van der Waals surface area contributed by atoms with E-state index in [-0.39, 0.29) is 5.91 Å². The molecule has 1 aliphatic rings. The van der Waals surface area contributed by atoms with E-state index in [2.05, 4.69) is 26.6 Å². The van der Waals surface area contributed by atoms with Crippen LogP contribution in [0, 0.1) is 0 Å². The minimum absolute atomic E-state index is 0.324. The number of amides is 3. The molecule has 1 atom stereocenters. The van der Waals surface area contributed by atoms with E-state index in [0.717, 1.165) is 10.0 Å². The number of carbonyl (C=O) groups is 2. The highest BCUT2D eigenvalue weighted by Gasteiger charge is 2.43. The molecular weight excluding hydrogens is 260 g/mol. The van der Waals surface area contributed by atoms with E-state index in [9.17, 15) is 9.59 Å². The standard InChI is InChI=1S/C10H9BrN2O2/c1-10(8(14)12-9(15)13-10)6-2-4-7(11)5-3-6/h2-5H,1H3,(H2,12,13,14,15)/t10-/m0/s1. The van der Waals surface area contributed by atoms with Gasteiger partial charge in [-0.3, -0.25) is 10.1 Å². The molecule has 0 spiro atoms. The lowest BCUT2D eigenvalue weighted by molar-refractivity contribution is -0.123. The summed E-state index contributed by atoms with van der Waals surface area (Å²) in [5.41, 5.74) is -0.202. The first-order valence-corrected chi connectivity index (χ1v) is 5.21. The van der Waals surface area contributed by atoms with Crippen molar-refractivity contribution in [3.8, 4) is 0 Å². The number of rotatable bonds is 1. The SMILES string of the molecule is C[C@@]1(c2ccc(Br)cc2)NC(=O)NC1=O. The van der Waals surface area contributed by atoms with Crippen LogP contribution in [0.5, 0.6) is 0 Å². The quantitative estimate of drug-likeness (QED) is 0.759. The molecule has 1 heterocycles. The molecule has 78 valence electrons. The molecule has 0 bridgehead atoms. The minimum Gasteiger partial charge on any atom is -0.320 e. The number of nitrogens with one attached hydrogen (secondary N) is 2. The van der Waals surface area contributed by atoms with Crippen LogP contribution in [-0.4, -0.2) is 11.9 Å². The van der Waals surface area contributed by atoms with Crippen LogP contribution in [0.25, 0.3) is 0 Å². The van der Waals surface area contributed by atoms with E-state index in [1.807, 2.05) is 12.1 Å². The number of carbonyl (C=O) groups excluding carboxylic acids is 2. The summed E-state index contributed by atoms with van der Waals surface area (Å²) in [4.78, 5) is 22.6. The Balaban J connectivity index is 2.41. The first-order valence-electron chi connectivity index (χ1n) is 4.42. The summed E-state index contributed by atoms with van der Waals surface area (Å²) in [5.74, 6) is -0.324. The van der Waals surface area contributed by atoms with Gasteiger partial charge >= 0.3 is 6.03 Å². The van der Waals surface area contributed by atoms with Crippen molar-refractivity contribution in [2.24, 2.45) is 0 Å². The Kier molecular flexibility index (Phi) is 2.26. The topological polar surface area (TPSA) is 58.2 Å². The van der Waals surface area contributed by atoms with Crippen molar-refractivity contribution in [1.29, 1.82) is 0 Å². The maximum Gasteiger partial charge on any atom is 0.322 e. The number of imide groups is 1. The van der Waals surface area contributed by atoms with E-state index in [1.54, 1.807) is 19.1 Å². The summed E-state index contributed by atoms with van der Waals surface area (Å²) in [7, 11) is 0. The van der Waals surface area contributed by atoms with Crippen LogP contribution in [-0.2, 0) is 10.3 Å². The normalized spacial score (nSPS) is 24.9. The third kappa shape index (κ3) is 1.63. The Morgan fingerprint density at radius 1 is 1.20 bits per heavy atom. The van der Waals surface area contributed by atoms with Crippen LogP contribution in [0.1, 0.15) is 12.5 Å². The zero-order valence-electron chi connectivity index (χ0n) is 8.00. The third-order valence-corrected chi connectivity index (χ3v) is 2.99. The van der Waals surface area contributed by atoms with Gasteiger partial charge in [-0.2, -0.15) is 0 Å². The van der Waals surface area contributed by atoms with Gasteiger partial charge in [-0.15, -0.1) is 0 Å². The number of halogens is 1. The van der Waals surface area contributed by atoms with Crippen molar-refractivity contribution >= 4 is 27.9 Å². The fraction of sp³-hybridized carbons (Fsp3) is 0.200. The molecular formula is C10H9BrN2O2. The average molecular weight is 269 g/mol. The molecule has 1 aromatic rings. The summed E-state index contributed by atoms with van der Waals surface area (Å²) in [6.07, 6.45) is 0. The first kappa shape index (κ1) is 10.2. The highest BCUT2D eigenvalue weighted by molar-refractivity contribution is 9.10. The predicted molar refractivity (Wildman–Crippen MR) is 58.2 cm³/mol. The summed E-state index contributed by atoms with van der Waals surface area (Å²) in [6, 6.07) is 6.81. The smallest absolute Gasteiger partial charge is 0.320 e. The number of hydrogen-bond acceptors (Lipinski definition) is 2. The van der Waals surface area contributed by atoms with E-state index < -0.39 is 11.6 Å². The zero-order valence-corrected chi connectivity index (χ0v) is 9.59. The van der Waals surface area contributed by atoms with E-state index in [1.165, 1.54) is 0 Å². The lowest BCUT2D eigenvalue weighted by Crippen LogP contribution is -2.40. The van der Waals surface area contributed by atoms with E-state index in [0.29, 0.717) is 0 Å². The summed E-state index contributed by atoms with van der Waals surface area (Å²) >= 11 is 3.31. The Labute approximate surface area is 95.2 Å². The molecule has 5 heteroatoms. The van der Waals surface area contributed by atoms with Crippen LogP contribution < -0.4 is 10.6 Å². The Bertz CT molecular complexity index is 430. The molecule has 1 fully saturated rings. The maximum absolute atomic E-state index is 11.6. The predicted octanol–water partition coefficient (Wildman–Crippen LogP) is 1.50. The molecule has 3 amide bonds. The summed E-state index contributed by atoms with van der Waals surface area (Å²) < 4.78 is 0.930. The highest BCUT2D eigenvalue weighted by atomic mass is 79.9. The van der Waals surface area contributed by atoms with Crippen LogP contribution >= 0.6 is 15.9 Å². The van der Waals surface area contributed by atoms with Crippen molar-refractivity contribution in [2.75, 3.05) is 0 Å². The Hall–Kier alpha value is -1.36.